The van der Waals surface area contributed by atoms with Crippen molar-refractivity contribution in [1.82, 2.24) is 9.88 Å². The van der Waals surface area contributed by atoms with Gasteiger partial charge in [0.15, 0.2) is 5.13 Å². The number of hydrogen-bond donors (Lipinski definition) is 1. The Morgan fingerprint density at radius 2 is 2.04 bits per heavy atom. The molecule has 1 N–H and O–H groups in total. The van der Waals surface area contributed by atoms with Gasteiger partial charge in [-0.3, -0.25) is 14.9 Å². The average Bonchev–Trinajstić information content (AvgIpc) is 2.95. The lowest BCUT2D eigenvalue weighted by Gasteiger charge is -2.26. The van der Waals surface area contributed by atoms with Gasteiger partial charge in [-0.25, -0.2) is 4.98 Å². The van der Waals surface area contributed by atoms with Gasteiger partial charge in [0, 0.05) is 34.3 Å². The molecule has 0 bridgehead atoms. The minimum absolute atomic E-state index is 0.175. The van der Waals surface area contributed by atoms with Gasteiger partial charge in [-0.1, -0.05) is 41.1 Å². The number of amides is 2. The summed E-state index contributed by atoms with van der Waals surface area (Å²) in [6.45, 7) is 5.39. The molecule has 7 heteroatoms. The lowest BCUT2D eigenvalue weighted by molar-refractivity contribution is -0.132. The quantitative estimate of drug-likeness (QED) is 0.808. The SMILES string of the molecule is CC(C)CC(=O)N1CCc2nc(NC(=O)c3ccc(Br)cc3)sc2C1. The number of fused-ring (bicyclic) bond motifs is 1. The molecular formula is C18H20BrN3O2S. The van der Waals surface area contributed by atoms with Crippen LogP contribution in [0.2, 0.25) is 0 Å². The van der Waals surface area contributed by atoms with Gasteiger partial charge >= 0.3 is 0 Å². The van der Waals surface area contributed by atoms with Crippen LogP contribution in [0.15, 0.2) is 28.7 Å². The molecule has 0 unspecified atom stereocenters. The van der Waals surface area contributed by atoms with Gasteiger partial charge < -0.3 is 4.90 Å². The molecule has 0 spiro atoms. The number of carbonyl (C=O) groups is 2. The van der Waals surface area contributed by atoms with Crippen LogP contribution in [-0.4, -0.2) is 28.2 Å². The Bertz CT molecular complexity index is 786. The molecule has 0 atom stereocenters. The van der Waals surface area contributed by atoms with Gasteiger partial charge in [0.2, 0.25) is 5.91 Å². The number of thiazole rings is 1. The summed E-state index contributed by atoms with van der Waals surface area (Å²) in [6, 6.07) is 7.19. The predicted molar refractivity (Wildman–Crippen MR) is 103 cm³/mol. The summed E-state index contributed by atoms with van der Waals surface area (Å²) in [6.07, 6.45) is 1.31. The summed E-state index contributed by atoms with van der Waals surface area (Å²) in [4.78, 5) is 32.0. The molecule has 2 amide bonds. The summed E-state index contributed by atoms with van der Waals surface area (Å²) in [5.41, 5.74) is 1.58. The van der Waals surface area contributed by atoms with Crippen molar-refractivity contribution in [3.63, 3.8) is 0 Å². The molecule has 2 aromatic rings. The van der Waals surface area contributed by atoms with E-state index in [4.69, 9.17) is 0 Å². The maximum atomic E-state index is 12.3. The molecular weight excluding hydrogens is 402 g/mol. The second kappa shape index (κ2) is 7.66. The molecule has 0 radical (unpaired) electrons. The number of rotatable bonds is 4. The lowest BCUT2D eigenvalue weighted by atomic mass is 10.1. The van der Waals surface area contributed by atoms with Crippen molar-refractivity contribution in [2.45, 2.75) is 33.2 Å². The van der Waals surface area contributed by atoms with Crippen LogP contribution in [0.5, 0.6) is 0 Å². The molecule has 1 aliphatic rings. The molecule has 1 aromatic heterocycles. The number of carbonyl (C=O) groups excluding carboxylic acids is 2. The predicted octanol–water partition coefficient (Wildman–Crippen LogP) is 4.09. The van der Waals surface area contributed by atoms with Crippen LogP contribution in [0.25, 0.3) is 0 Å². The highest BCUT2D eigenvalue weighted by molar-refractivity contribution is 9.10. The second-order valence-electron chi connectivity index (χ2n) is 6.51. The first-order valence-corrected chi connectivity index (χ1v) is 9.86. The monoisotopic (exact) mass is 421 g/mol. The van der Waals surface area contributed by atoms with Crippen molar-refractivity contribution >= 4 is 44.2 Å². The van der Waals surface area contributed by atoms with Crippen LogP contribution >= 0.6 is 27.3 Å². The highest BCUT2D eigenvalue weighted by Crippen LogP contribution is 2.29. The molecule has 0 saturated heterocycles. The van der Waals surface area contributed by atoms with Crippen molar-refractivity contribution < 1.29 is 9.59 Å². The number of anilines is 1. The maximum absolute atomic E-state index is 12.3. The molecule has 5 nitrogen and oxygen atoms in total. The summed E-state index contributed by atoms with van der Waals surface area (Å²) >= 11 is 4.81. The first-order chi connectivity index (χ1) is 11.9. The first-order valence-electron chi connectivity index (χ1n) is 8.25. The van der Waals surface area contributed by atoms with Gasteiger partial charge in [-0.2, -0.15) is 0 Å². The van der Waals surface area contributed by atoms with Crippen LogP contribution in [0.3, 0.4) is 0 Å². The third-order valence-corrected chi connectivity index (χ3v) is 5.52. The maximum Gasteiger partial charge on any atom is 0.257 e. The number of benzene rings is 1. The van der Waals surface area contributed by atoms with Crippen LogP contribution in [0.1, 0.15) is 41.2 Å². The number of hydrogen-bond acceptors (Lipinski definition) is 4. The van der Waals surface area contributed by atoms with E-state index in [1.54, 1.807) is 12.1 Å². The minimum atomic E-state index is -0.175. The van der Waals surface area contributed by atoms with Crippen LogP contribution in [-0.2, 0) is 17.8 Å². The van der Waals surface area contributed by atoms with Gasteiger partial charge in [0.1, 0.15) is 0 Å². The third kappa shape index (κ3) is 4.46. The molecule has 0 fully saturated rings. The van der Waals surface area contributed by atoms with E-state index in [-0.39, 0.29) is 11.8 Å². The highest BCUT2D eigenvalue weighted by Gasteiger charge is 2.24. The zero-order valence-electron chi connectivity index (χ0n) is 14.2. The van der Waals surface area contributed by atoms with Crippen molar-refractivity contribution in [3.8, 4) is 0 Å². The smallest absolute Gasteiger partial charge is 0.257 e. The van der Waals surface area contributed by atoms with Gasteiger partial charge in [0.05, 0.1) is 12.2 Å². The normalized spacial score (nSPS) is 13.7. The summed E-state index contributed by atoms with van der Waals surface area (Å²) in [5.74, 6) is 0.372. The Morgan fingerprint density at radius 1 is 1.32 bits per heavy atom. The number of aromatic nitrogens is 1. The fourth-order valence-electron chi connectivity index (χ4n) is 2.71. The van der Waals surface area contributed by atoms with Crippen molar-refractivity contribution in [1.29, 1.82) is 0 Å². The molecule has 2 heterocycles. The van der Waals surface area contributed by atoms with Crippen molar-refractivity contribution in [2.75, 3.05) is 11.9 Å². The largest absolute Gasteiger partial charge is 0.337 e. The summed E-state index contributed by atoms with van der Waals surface area (Å²) in [7, 11) is 0. The second-order valence-corrected chi connectivity index (χ2v) is 8.51. The Kier molecular flexibility index (Phi) is 5.54. The fraction of sp³-hybridized carbons (Fsp3) is 0.389. The number of nitrogens with one attached hydrogen (secondary N) is 1. The number of nitrogens with zero attached hydrogens (tertiary/aromatic N) is 2. The van der Waals surface area contributed by atoms with Crippen molar-refractivity contribution in [2.24, 2.45) is 5.92 Å². The van der Waals surface area contributed by atoms with E-state index in [9.17, 15) is 9.59 Å². The highest BCUT2D eigenvalue weighted by atomic mass is 79.9. The van der Waals surface area contributed by atoms with E-state index < -0.39 is 0 Å². The van der Waals surface area contributed by atoms with Crippen LogP contribution < -0.4 is 5.32 Å². The van der Waals surface area contributed by atoms with Gasteiger partial charge in [-0.05, 0) is 30.2 Å². The molecule has 0 aliphatic carbocycles. The molecule has 132 valence electrons. The van der Waals surface area contributed by atoms with E-state index in [1.807, 2.05) is 17.0 Å². The topological polar surface area (TPSA) is 62.3 Å². The lowest BCUT2D eigenvalue weighted by Crippen LogP contribution is -2.36. The molecule has 1 aliphatic heterocycles. The summed E-state index contributed by atoms with van der Waals surface area (Å²) < 4.78 is 0.930. The Balaban J connectivity index is 1.67. The minimum Gasteiger partial charge on any atom is -0.337 e. The van der Waals surface area contributed by atoms with Gasteiger partial charge in [-0.15, -0.1) is 0 Å². The first kappa shape index (κ1) is 18.1. The van der Waals surface area contributed by atoms with Crippen LogP contribution in [0, 0.1) is 5.92 Å². The molecule has 3 rings (SSSR count). The van der Waals surface area contributed by atoms with E-state index in [1.165, 1.54) is 11.3 Å². The zero-order valence-corrected chi connectivity index (χ0v) is 16.6. The third-order valence-electron chi connectivity index (χ3n) is 3.99. The van der Waals surface area contributed by atoms with Gasteiger partial charge in [0.25, 0.3) is 5.91 Å². The number of halogens is 1. The molecule has 0 saturated carbocycles. The van der Waals surface area contributed by atoms with Crippen LogP contribution in [0.4, 0.5) is 5.13 Å². The van der Waals surface area contributed by atoms with E-state index in [0.29, 0.717) is 36.1 Å². The Hall–Kier alpha value is -1.73. The van der Waals surface area contributed by atoms with E-state index in [2.05, 4.69) is 40.1 Å². The molecule has 25 heavy (non-hydrogen) atoms. The zero-order chi connectivity index (χ0) is 18.0. The van der Waals surface area contributed by atoms with E-state index in [0.717, 1.165) is 21.5 Å². The average molecular weight is 422 g/mol. The van der Waals surface area contributed by atoms with Crippen molar-refractivity contribution in [3.05, 3.63) is 44.9 Å². The summed E-state index contributed by atoms with van der Waals surface area (Å²) in [5, 5.41) is 3.45. The fourth-order valence-corrected chi connectivity index (χ4v) is 3.99. The molecule has 1 aromatic carbocycles. The van der Waals surface area contributed by atoms with E-state index >= 15 is 0 Å². The Morgan fingerprint density at radius 3 is 2.72 bits per heavy atom. The Labute approximate surface area is 159 Å². The standard InChI is InChI=1S/C18H20BrN3O2S/c1-11(2)9-16(23)22-8-7-14-15(10-22)25-18(20-14)21-17(24)12-3-5-13(19)6-4-12/h3-6,11H,7-10H2,1-2H3,(H,20,21,24).